The highest BCUT2D eigenvalue weighted by Crippen LogP contribution is 2.38. The number of nitrogens with one attached hydrogen (secondary N) is 1. The van der Waals surface area contributed by atoms with E-state index in [9.17, 15) is 4.79 Å². The maximum absolute atomic E-state index is 12.3. The predicted octanol–water partition coefficient (Wildman–Crippen LogP) is 2.06. The number of rotatable bonds is 5. The van der Waals surface area contributed by atoms with Crippen molar-refractivity contribution in [2.45, 2.75) is 51.6 Å². The maximum atomic E-state index is 12.3. The Balaban J connectivity index is 1.30. The van der Waals surface area contributed by atoms with E-state index in [1.165, 1.54) is 12.8 Å². The van der Waals surface area contributed by atoms with Gasteiger partial charge in [0.25, 0.3) is 5.56 Å². The molecule has 1 aliphatic heterocycles. The molecule has 128 valence electrons. The van der Waals surface area contributed by atoms with Crippen molar-refractivity contribution in [2.75, 3.05) is 13.1 Å². The van der Waals surface area contributed by atoms with E-state index in [0.29, 0.717) is 11.8 Å². The maximum Gasteiger partial charge on any atom is 0.253 e. The third-order valence-electron chi connectivity index (χ3n) is 5.20. The van der Waals surface area contributed by atoms with Crippen LogP contribution in [0.4, 0.5) is 0 Å². The minimum atomic E-state index is 0.112. The molecule has 0 bridgehead atoms. The number of H-pyrrole nitrogens is 1. The van der Waals surface area contributed by atoms with Crippen molar-refractivity contribution < 1.29 is 0 Å². The van der Waals surface area contributed by atoms with Gasteiger partial charge in [-0.25, -0.2) is 4.98 Å². The van der Waals surface area contributed by atoms with E-state index in [4.69, 9.17) is 0 Å². The Bertz CT molecular complexity index is 753. The van der Waals surface area contributed by atoms with Gasteiger partial charge in [-0.05, 0) is 57.7 Å². The SMILES string of the molecule is Cc1cc(CN2CCC(Cn3cnc(C4CC4)cc3=O)CC2)n[nH]1. The highest BCUT2D eigenvalue weighted by Gasteiger charge is 2.26. The summed E-state index contributed by atoms with van der Waals surface area (Å²) in [4.78, 5) is 19.2. The van der Waals surface area contributed by atoms with Gasteiger partial charge in [-0.3, -0.25) is 19.4 Å². The molecule has 1 aliphatic carbocycles. The van der Waals surface area contributed by atoms with Crippen molar-refractivity contribution in [2.24, 2.45) is 5.92 Å². The number of hydrogen-bond acceptors (Lipinski definition) is 4. The van der Waals surface area contributed by atoms with Crippen LogP contribution in [0.3, 0.4) is 0 Å². The van der Waals surface area contributed by atoms with Crippen LogP contribution in [0.1, 0.15) is 48.7 Å². The topological polar surface area (TPSA) is 66.8 Å². The van der Waals surface area contributed by atoms with Crippen LogP contribution >= 0.6 is 0 Å². The summed E-state index contributed by atoms with van der Waals surface area (Å²) >= 11 is 0. The Morgan fingerprint density at radius 2 is 2.00 bits per heavy atom. The Kier molecular flexibility index (Phi) is 4.22. The normalized spacial score (nSPS) is 19.7. The third kappa shape index (κ3) is 3.59. The van der Waals surface area contributed by atoms with Crippen LogP contribution in [0, 0.1) is 12.8 Å². The second-order valence-corrected chi connectivity index (χ2v) is 7.34. The number of aromatic amines is 1. The summed E-state index contributed by atoms with van der Waals surface area (Å²) in [6.07, 6.45) is 6.38. The molecule has 0 atom stereocenters. The highest BCUT2D eigenvalue weighted by atomic mass is 16.1. The molecule has 1 saturated carbocycles. The van der Waals surface area contributed by atoms with Crippen molar-refractivity contribution in [1.29, 1.82) is 0 Å². The molecule has 2 aromatic heterocycles. The van der Waals surface area contributed by atoms with Gasteiger partial charge in [0.05, 0.1) is 17.7 Å². The number of likely N-dealkylation sites (tertiary alicyclic amines) is 1. The molecule has 0 unspecified atom stereocenters. The fourth-order valence-corrected chi connectivity index (χ4v) is 3.57. The predicted molar refractivity (Wildman–Crippen MR) is 91.8 cm³/mol. The van der Waals surface area contributed by atoms with E-state index < -0.39 is 0 Å². The first-order valence-corrected chi connectivity index (χ1v) is 8.97. The monoisotopic (exact) mass is 327 g/mol. The fourth-order valence-electron chi connectivity index (χ4n) is 3.57. The summed E-state index contributed by atoms with van der Waals surface area (Å²) in [6.45, 7) is 5.88. The summed E-state index contributed by atoms with van der Waals surface area (Å²) in [5, 5.41) is 7.32. The van der Waals surface area contributed by atoms with E-state index in [2.05, 4.69) is 26.1 Å². The summed E-state index contributed by atoms with van der Waals surface area (Å²) in [5.74, 6) is 1.11. The van der Waals surface area contributed by atoms with E-state index in [1.807, 2.05) is 6.92 Å². The van der Waals surface area contributed by atoms with Gasteiger partial charge in [0.15, 0.2) is 0 Å². The largest absolute Gasteiger partial charge is 0.299 e. The van der Waals surface area contributed by atoms with Gasteiger partial charge in [-0.1, -0.05) is 0 Å². The van der Waals surface area contributed by atoms with Crippen LogP contribution in [0.5, 0.6) is 0 Å². The Morgan fingerprint density at radius 3 is 2.62 bits per heavy atom. The smallest absolute Gasteiger partial charge is 0.253 e. The van der Waals surface area contributed by atoms with Gasteiger partial charge in [0, 0.05) is 30.8 Å². The molecule has 6 heteroatoms. The van der Waals surface area contributed by atoms with Crippen LogP contribution in [-0.2, 0) is 13.1 Å². The minimum Gasteiger partial charge on any atom is -0.299 e. The van der Waals surface area contributed by atoms with Crippen LogP contribution in [0.25, 0.3) is 0 Å². The second-order valence-electron chi connectivity index (χ2n) is 7.34. The zero-order valence-electron chi connectivity index (χ0n) is 14.2. The van der Waals surface area contributed by atoms with Gasteiger partial charge in [-0.2, -0.15) is 5.10 Å². The third-order valence-corrected chi connectivity index (χ3v) is 5.20. The van der Waals surface area contributed by atoms with E-state index in [1.54, 1.807) is 17.0 Å². The molecule has 2 aliphatic rings. The summed E-state index contributed by atoms with van der Waals surface area (Å²) in [7, 11) is 0. The molecule has 1 N–H and O–H groups in total. The molecule has 0 aromatic carbocycles. The van der Waals surface area contributed by atoms with Crippen molar-refractivity contribution in [3.05, 3.63) is 45.9 Å². The van der Waals surface area contributed by atoms with Crippen LogP contribution in [-0.4, -0.2) is 37.7 Å². The molecule has 4 rings (SSSR count). The number of aryl methyl sites for hydroxylation is 1. The number of hydrogen-bond donors (Lipinski definition) is 1. The number of aromatic nitrogens is 4. The lowest BCUT2D eigenvalue weighted by molar-refractivity contribution is 0.164. The molecule has 2 fully saturated rings. The van der Waals surface area contributed by atoms with Crippen molar-refractivity contribution >= 4 is 0 Å². The lowest BCUT2D eigenvalue weighted by atomic mass is 9.96. The van der Waals surface area contributed by atoms with Gasteiger partial charge in [-0.15, -0.1) is 0 Å². The molecular formula is C18H25N5O. The average molecular weight is 327 g/mol. The van der Waals surface area contributed by atoms with Crippen molar-refractivity contribution in [1.82, 2.24) is 24.6 Å². The zero-order valence-corrected chi connectivity index (χ0v) is 14.2. The van der Waals surface area contributed by atoms with E-state index in [-0.39, 0.29) is 5.56 Å². The minimum absolute atomic E-state index is 0.112. The van der Waals surface area contributed by atoms with E-state index in [0.717, 1.165) is 56.1 Å². The Labute approximate surface area is 141 Å². The van der Waals surface area contributed by atoms with Crippen LogP contribution in [0.15, 0.2) is 23.3 Å². The fraction of sp³-hybridized carbons (Fsp3) is 0.611. The standard InChI is InChI=1S/C18H25N5O/c1-13-8-16(21-20-13)11-22-6-4-14(5-7-22)10-23-12-19-17(9-18(23)24)15-2-3-15/h8-9,12,14-15H,2-7,10-11H2,1H3,(H,20,21). The summed E-state index contributed by atoms with van der Waals surface area (Å²) in [5.41, 5.74) is 3.32. The first-order chi connectivity index (χ1) is 11.7. The highest BCUT2D eigenvalue weighted by molar-refractivity contribution is 5.12. The first-order valence-electron chi connectivity index (χ1n) is 8.97. The second kappa shape index (κ2) is 6.51. The van der Waals surface area contributed by atoms with Gasteiger partial charge in [0.1, 0.15) is 0 Å². The first kappa shape index (κ1) is 15.6. The van der Waals surface area contributed by atoms with Crippen LogP contribution in [0.2, 0.25) is 0 Å². The quantitative estimate of drug-likeness (QED) is 0.913. The lowest BCUT2D eigenvalue weighted by Gasteiger charge is -2.31. The Morgan fingerprint density at radius 1 is 1.21 bits per heavy atom. The van der Waals surface area contributed by atoms with Crippen molar-refractivity contribution in [3.8, 4) is 0 Å². The van der Waals surface area contributed by atoms with Gasteiger partial charge in [0.2, 0.25) is 0 Å². The molecule has 24 heavy (non-hydrogen) atoms. The molecule has 0 amide bonds. The molecular weight excluding hydrogens is 302 g/mol. The molecule has 3 heterocycles. The van der Waals surface area contributed by atoms with Crippen molar-refractivity contribution in [3.63, 3.8) is 0 Å². The van der Waals surface area contributed by atoms with Crippen LogP contribution < -0.4 is 5.56 Å². The lowest BCUT2D eigenvalue weighted by Crippen LogP contribution is -2.36. The molecule has 2 aromatic rings. The van der Waals surface area contributed by atoms with E-state index >= 15 is 0 Å². The number of nitrogens with zero attached hydrogens (tertiary/aromatic N) is 4. The molecule has 1 saturated heterocycles. The Hall–Kier alpha value is -1.95. The van der Waals surface area contributed by atoms with Gasteiger partial charge >= 0.3 is 0 Å². The summed E-state index contributed by atoms with van der Waals surface area (Å²) < 4.78 is 1.79. The molecule has 0 radical (unpaired) electrons. The zero-order chi connectivity index (χ0) is 16.5. The summed E-state index contributed by atoms with van der Waals surface area (Å²) in [6, 6.07) is 3.85. The molecule has 6 nitrogen and oxygen atoms in total. The molecule has 0 spiro atoms. The average Bonchev–Trinajstić information content (AvgIpc) is 3.34. The van der Waals surface area contributed by atoms with Gasteiger partial charge < -0.3 is 0 Å². The number of piperidine rings is 1.